The van der Waals surface area contributed by atoms with Gasteiger partial charge in [-0.25, -0.2) is 4.90 Å². The maximum absolute atomic E-state index is 14.3. The first kappa shape index (κ1) is 25.4. The predicted molar refractivity (Wildman–Crippen MR) is 143 cm³/mol. The lowest BCUT2D eigenvalue weighted by atomic mass is 9.34. The van der Waals surface area contributed by atoms with Crippen LogP contribution in [0.15, 0.2) is 29.8 Å². The van der Waals surface area contributed by atoms with E-state index in [0.29, 0.717) is 22.2 Å². The summed E-state index contributed by atoms with van der Waals surface area (Å²) in [5.41, 5.74) is 0.348. The number of nitrogens with zero attached hydrogens (tertiary/aromatic N) is 1. The van der Waals surface area contributed by atoms with Crippen LogP contribution < -0.4 is 4.90 Å². The van der Waals surface area contributed by atoms with Crippen molar-refractivity contribution in [2.45, 2.75) is 66.2 Å². The van der Waals surface area contributed by atoms with E-state index in [4.69, 9.17) is 23.2 Å². The molecule has 7 heteroatoms. The van der Waals surface area contributed by atoms with Gasteiger partial charge in [-0.2, -0.15) is 0 Å². The molecule has 1 aromatic rings. The van der Waals surface area contributed by atoms with Crippen LogP contribution in [0.25, 0.3) is 0 Å². The van der Waals surface area contributed by atoms with Crippen LogP contribution in [0.4, 0.5) is 5.69 Å². The van der Waals surface area contributed by atoms with Crippen molar-refractivity contribution in [2.75, 3.05) is 4.90 Å². The number of carboxylic acids is 1. The number of hydrogen-bond donors (Lipinski definition) is 1. The van der Waals surface area contributed by atoms with Crippen molar-refractivity contribution >= 4 is 46.7 Å². The van der Waals surface area contributed by atoms with Crippen LogP contribution in [0.5, 0.6) is 0 Å². The first-order chi connectivity index (χ1) is 17.3. The summed E-state index contributed by atoms with van der Waals surface area (Å²) in [4.78, 5) is 42.2. The minimum absolute atomic E-state index is 0.0124. The molecule has 1 aromatic carbocycles. The molecule has 4 fully saturated rings. The SMILES string of the molecule is CC(C)C1=CC23CCC4C(C)(C(=O)O)CCCC4(C)C2CC1C1C(=O)N(c2cc(Cl)cc(Cl)c2)C(=O)C13. The number of aliphatic carboxylic acids is 1. The average molecular weight is 545 g/mol. The highest BCUT2D eigenvalue weighted by Gasteiger charge is 2.73. The number of imide groups is 1. The van der Waals surface area contributed by atoms with Crippen LogP contribution in [0, 0.1) is 51.8 Å². The lowest BCUT2D eigenvalue weighted by molar-refractivity contribution is -0.194. The molecule has 5 aliphatic carbocycles. The summed E-state index contributed by atoms with van der Waals surface area (Å²) in [7, 11) is 0. The number of anilines is 1. The molecule has 1 N–H and O–H groups in total. The minimum Gasteiger partial charge on any atom is -0.481 e. The molecule has 1 heterocycles. The Kier molecular flexibility index (Phi) is 5.55. The van der Waals surface area contributed by atoms with Crippen molar-refractivity contribution in [2.24, 2.45) is 51.8 Å². The molecule has 1 aliphatic heterocycles. The predicted octanol–water partition coefficient (Wildman–Crippen LogP) is 7.01. The van der Waals surface area contributed by atoms with Gasteiger partial charge in [-0.15, -0.1) is 0 Å². The van der Waals surface area contributed by atoms with Gasteiger partial charge in [-0.1, -0.05) is 62.0 Å². The number of hydrogen-bond acceptors (Lipinski definition) is 3. The fraction of sp³-hybridized carbons (Fsp3) is 0.633. The summed E-state index contributed by atoms with van der Waals surface area (Å²) in [6.07, 6.45) is 7.29. The summed E-state index contributed by atoms with van der Waals surface area (Å²) in [6.45, 7) is 8.58. The zero-order chi connectivity index (χ0) is 26.7. The van der Waals surface area contributed by atoms with Crippen LogP contribution in [0.3, 0.4) is 0 Å². The van der Waals surface area contributed by atoms with E-state index in [1.807, 2.05) is 6.92 Å². The van der Waals surface area contributed by atoms with Gasteiger partial charge in [0.25, 0.3) is 0 Å². The molecule has 8 unspecified atom stereocenters. The summed E-state index contributed by atoms with van der Waals surface area (Å²) < 4.78 is 0. The van der Waals surface area contributed by atoms with Gasteiger partial charge < -0.3 is 5.11 Å². The van der Waals surface area contributed by atoms with Crippen molar-refractivity contribution in [3.63, 3.8) is 0 Å². The van der Waals surface area contributed by atoms with E-state index in [0.717, 1.165) is 32.1 Å². The van der Waals surface area contributed by atoms with Crippen LogP contribution in [0.2, 0.25) is 10.0 Å². The van der Waals surface area contributed by atoms with Crippen molar-refractivity contribution in [3.8, 4) is 0 Å². The number of carboxylic acid groups (broad SMARTS) is 1. The summed E-state index contributed by atoms with van der Waals surface area (Å²) in [5, 5.41) is 11.1. The minimum atomic E-state index is -0.756. The molecule has 1 saturated heterocycles. The molecular formula is C30H35Cl2NO4. The average Bonchev–Trinajstić information content (AvgIpc) is 3.09. The molecular weight excluding hydrogens is 509 g/mol. The van der Waals surface area contributed by atoms with Crippen molar-refractivity contribution < 1.29 is 19.5 Å². The van der Waals surface area contributed by atoms with Gasteiger partial charge >= 0.3 is 5.97 Å². The van der Waals surface area contributed by atoms with Crippen LogP contribution in [-0.4, -0.2) is 22.9 Å². The maximum Gasteiger partial charge on any atom is 0.309 e. The van der Waals surface area contributed by atoms with Gasteiger partial charge in [0.05, 0.1) is 22.9 Å². The second-order valence-electron chi connectivity index (χ2n) is 13.1. The van der Waals surface area contributed by atoms with Crippen LogP contribution in [-0.2, 0) is 14.4 Å². The third kappa shape index (κ3) is 3.19. The number of allylic oxidation sites excluding steroid dienone is 2. The molecule has 7 rings (SSSR count). The monoisotopic (exact) mass is 543 g/mol. The molecule has 0 aromatic heterocycles. The Bertz CT molecular complexity index is 1240. The Hall–Kier alpha value is -1.85. The number of rotatable bonds is 3. The summed E-state index contributed by atoms with van der Waals surface area (Å²) in [6, 6.07) is 4.89. The molecule has 6 aliphatic rings. The smallest absolute Gasteiger partial charge is 0.309 e. The van der Waals surface area contributed by atoms with Crippen molar-refractivity contribution in [1.29, 1.82) is 0 Å². The maximum atomic E-state index is 14.3. The van der Waals surface area contributed by atoms with Crippen molar-refractivity contribution in [1.82, 2.24) is 0 Å². The van der Waals surface area contributed by atoms with E-state index in [1.54, 1.807) is 18.2 Å². The van der Waals surface area contributed by atoms with E-state index in [9.17, 15) is 19.5 Å². The zero-order valence-electron chi connectivity index (χ0n) is 21.9. The summed E-state index contributed by atoms with van der Waals surface area (Å²) >= 11 is 12.6. The number of halogens is 2. The number of fused-ring (bicyclic) bond motifs is 1. The molecule has 3 saturated carbocycles. The number of carbonyl (C=O) groups is 3. The van der Waals surface area contributed by atoms with E-state index in [1.165, 1.54) is 10.5 Å². The molecule has 2 amide bonds. The van der Waals surface area contributed by atoms with Crippen LogP contribution in [0.1, 0.15) is 66.2 Å². The van der Waals surface area contributed by atoms with E-state index < -0.39 is 28.6 Å². The Morgan fingerprint density at radius 3 is 2.32 bits per heavy atom. The molecule has 2 bridgehead atoms. The Morgan fingerprint density at radius 2 is 1.70 bits per heavy atom. The lowest BCUT2D eigenvalue weighted by Gasteiger charge is -2.68. The molecule has 1 spiro atoms. The third-order valence-electron chi connectivity index (χ3n) is 11.3. The fourth-order valence-corrected chi connectivity index (χ4v) is 10.4. The second-order valence-corrected chi connectivity index (χ2v) is 14.0. The Balaban J connectivity index is 1.50. The van der Waals surface area contributed by atoms with E-state index in [-0.39, 0.29) is 40.9 Å². The van der Waals surface area contributed by atoms with Gasteiger partial charge in [0.2, 0.25) is 11.8 Å². The third-order valence-corrected chi connectivity index (χ3v) is 11.7. The van der Waals surface area contributed by atoms with Gasteiger partial charge in [-0.3, -0.25) is 14.4 Å². The van der Waals surface area contributed by atoms with E-state index >= 15 is 0 Å². The van der Waals surface area contributed by atoms with Gasteiger partial charge in [0, 0.05) is 15.5 Å². The highest BCUT2D eigenvalue weighted by molar-refractivity contribution is 6.35. The first-order valence-electron chi connectivity index (χ1n) is 13.6. The quantitative estimate of drug-likeness (QED) is 0.328. The molecule has 0 radical (unpaired) electrons. The summed E-state index contributed by atoms with van der Waals surface area (Å²) in [5.74, 6) is -1.32. The first-order valence-corrected chi connectivity index (χ1v) is 14.4. The van der Waals surface area contributed by atoms with E-state index in [2.05, 4.69) is 26.8 Å². The van der Waals surface area contributed by atoms with Gasteiger partial charge in [0.1, 0.15) is 0 Å². The standard InChI is InChI=1S/C30H35Cl2NO4/c1-15(2)20-14-30-9-6-21-28(3,7-5-8-29(21,4)27(36)37)22(30)13-19(20)23-24(30)26(35)33(25(23)34)18-11-16(31)10-17(32)12-18/h10-12,14-15,19,21-24H,5-9,13H2,1-4H3,(H,36,37). The highest BCUT2D eigenvalue weighted by atomic mass is 35.5. The van der Waals surface area contributed by atoms with Gasteiger partial charge in [0.15, 0.2) is 0 Å². The highest BCUT2D eigenvalue weighted by Crippen LogP contribution is 2.74. The topological polar surface area (TPSA) is 74.7 Å². The number of carbonyl (C=O) groups excluding carboxylic acids is 2. The van der Waals surface area contributed by atoms with Crippen LogP contribution >= 0.6 is 23.2 Å². The molecule has 5 nitrogen and oxygen atoms in total. The Morgan fingerprint density at radius 1 is 1.03 bits per heavy atom. The fourth-order valence-electron chi connectivity index (χ4n) is 9.88. The zero-order valence-corrected chi connectivity index (χ0v) is 23.4. The lowest BCUT2D eigenvalue weighted by Crippen LogP contribution is -2.65. The van der Waals surface area contributed by atoms with Crippen molar-refractivity contribution in [3.05, 3.63) is 39.9 Å². The molecule has 198 valence electrons. The Labute approximate surface area is 228 Å². The largest absolute Gasteiger partial charge is 0.481 e. The number of benzene rings is 1. The molecule has 8 atom stereocenters. The second kappa shape index (κ2) is 8.08. The number of amides is 2. The van der Waals surface area contributed by atoms with Gasteiger partial charge in [-0.05, 0) is 86.3 Å². The molecule has 37 heavy (non-hydrogen) atoms. The normalized spacial score (nSPS) is 42.4.